The second kappa shape index (κ2) is 7.99. The number of rotatable bonds is 7. The molecular formula is C13H21N3O2S. The number of thioether (sulfide) groups is 1. The molecule has 0 aliphatic rings. The molecule has 0 amide bonds. The van der Waals surface area contributed by atoms with E-state index in [1.54, 1.807) is 25.6 Å². The van der Waals surface area contributed by atoms with Crippen LogP contribution in [0, 0.1) is 6.92 Å². The van der Waals surface area contributed by atoms with Gasteiger partial charge in [-0.15, -0.1) is 0 Å². The third-order valence-corrected chi connectivity index (χ3v) is 3.40. The maximum absolute atomic E-state index is 11.6. The molecule has 1 unspecified atom stereocenters. The van der Waals surface area contributed by atoms with Gasteiger partial charge in [0.2, 0.25) is 5.95 Å². The minimum absolute atomic E-state index is 0.336. The molecule has 1 heterocycles. The van der Waals surface area contributed by atoms with Gasteiger partial charge in [-0.3, -0.25) is 0 Å². The Labute approximate surface area is 118 Å². The number of nitrogens with one attached hydrogen (secondary N) is 1. The van der Waals surface area contributed by atoms with Crippen molar-refractivity contribution in [3.05, 3.63) is 17.5 Å². The Morgan fingerprint density at radius 1 is 1.53 bits per heavy atom. The molecule has 1 N–H and O–H groups in total. The average Bonchev–Trinajstić information content (AvgIpc) is 2.38. The Bertz CT molecular complexity index is 426. The van der Waals surface area contributed by atoms with E-state index < -0.39 is 0 Å². The first-order chi connectivity index (χ1) is 9.12. The molecule has 1 aromatic heterocycles. The summed E-state index contributed by atoms with van der Waals surface area (Å²) in [6, 6.07) is 0.336. The van der Waals surface area contributed by atoms with E-state index in [2.05, 4.69) is 28.5 Å². The second-order valence-electron chi connectivity index (χ2n) is 4.12. The topological polar surface area (TPSA) is 64.1 Å². The average molecular weight is 283 g/mol. The van der Waals surface area contributed by atoms with Crippen molar-refractivity contribution in [2.75, 3.05) is 23.9 Å². The van der Waals surface area contributed by atoms with Crippen LogP contribution < -0.4 is 5.32 Å². The normalized spacial score (nSPS) is 12.0. The van der Waals surface area contributed by atoms with E-state index in [9.17, 15) is 4.79 Å². The van der Waals surface area contributed by atoms with E-state index in [0.717, 1.165) is 12.2 Å². The van der Waals surface area contributed by atoms with Crippen molar-refractivity contribution in [3.63, 3.8) is 0 Å². The van der Waals surface area contributed by atoms with Crippen molar-refractivity contribution in [3.8, 4) is 0 Å². The van der Waals surface area contributed by atoms with Gasteiger partial charge in [-0.05, 0) is 26.5 Å². The Hall–Kier alpha value is -1.30. The fourth-order valence-corrected chi connectivity index (χ4v) is 2.31. The highest BCUT2D eigenvalue weighted by Gasteiger charge is 2.14. The highest BCUT2D eigenvalue weighted by molar-refractivity contribution is 7.98. The molecule has 0 aromatic carbocycles. The van der Waals surface area contributed by atoms with Gasteiger partial charge in [0.15, 0.2) is 0 Å². The van der Waals surface area contributed by atoms with Gasteiger partial charge >= 0.3 is 5.97 Å². The first-order valence-electron chi connectivity index (χ1n) is 6.38. The molecule has 0 fully saturated rings. The fraction of sp³-hybridized carbons (Fsp3) is 0.615. The molecule has 0 radical (unpaired) electrons. The lowest BCUT2D eigenvalue weighted by atomic mass is 10.2. The van der Waals surface area contributed by atoms with Crippen LogP contribution >= 0.6 is 11.8 Å². The zero-order valence-electron chi connectivity index (χ0n) is 11.9. The quantitative estimate of drug-likeness (QED) is 0.776. The summed E-state index contributed by atoms with van der Waals surface area (Å²) in [5.41, 5.74) is 1.06. The molecule has 106 valence electrons. The lowest BCUT2D eigenvalue weighted by molar-refractivity contribution is 0.0524. The van der Waals surface area contributed by atoms with Crippen molar-refractivity contribution in [1.82, 2.24) is 9.97 Å². The Balaban J connectivity index is 2.78. The van der Waals surface area contributed by atoms with Crippen molar-refractivity contribution in [2.24, 2.45) is 0 Å². The summed E-state index contributed by atoms with van der Waals surface area (Å²) in [6.07, 6.45) is 4.59. The molecule has 0 aliphatic heterocycles. The summed E-state index contributed by atoms with van der Waals surface area (Å²) < 4.78 is 4.95. The van der Waals surface area contributed by atoms with Crippen LogP contribution in [0.4, 0.5) is 5.95 Å². The van der Waals surface area contributed by atoms with Crippen molar-refractivity contribution >= 4 is 23.7 Å². The Morgan fingerprint density at radius 2 is 2.26 bits per heavy atom. The van der Waals surface area contributed by atoms with Gasteiger partial charge in [0, 0.05) is 18.0 Å². The van der Waals surface area contributed by atoms with Crippen molar-refractivity contribution in [2.45, 2.75) is 33.2 Å². The zero-order chi connectivity index (χ0) is 14.3. The molecule has 0 saturated heterocycles. The number of aryl methyl sites for hydroxylation is 1. The van der Waals surface area contributed by atoms with Crippen LogP contribution in [0.15, 0.2) is 6.20 Å². The van der Waals surface area contributed by atoms with Crippen LogP contribution in [-0.2, 0) is 4.74 Å². The molecule has 6 heteroatoms. The third-order valence-electron chi connectivity index (χ3n) is 2.67. The first kappa shape index (κ1) is 15.8. The van der Waals surface area contributed by atoms with Gasteiger partial charge in [-0.1, -0.05) is 6.92 Å². The standard InChI is InChI=1S/C13H21N3O2S/c1-5-10(8-19-4)16-13-14-7-11(9(3)15-13)12(17)18-6-2/h7,10H,5-6,8H2,1-4H3,(H,14,15,16). The summed E-state index contributed by atoms with van der Waals surface area (Å²) in [7, 11) is 0. The van der Waals surface area contributed by atoms with Gasteiger partial charge in [0.25, 0.3) is 0 Å². The van der Waals surface area contributed by atoms with Crippen molar-refractivity contribution in [1.29, 1.82) is 0 Å². The number of carbonyl (C=O) groups is 1. The van der Waals surface area contributed by atoms with Gasteiger partial charge < -0.3 is 10.1 Å². The van der Waals surface area contributed by atoms with Crippen LogP contribution in [0.3, 0.4) is 0 Å². The largest absolute Gasteiger partial charge is 0.462 e. The SMILES string of the molecule is CCOC(=O)c1cnc(NC(CC)CSC)nc1C. The molecular weight excluding hydrogens is 262 g/mol. The molecule has 0 aliphatic carbocycles. The third kappa shape index (κ3) is 4.70. The molecule has 1 rings (SSSR count). The van der Waals surface area contributed by atoms with Crippen molar-refractivity contribution < 1.29 is 9.53 Å². The van der Waals surface area contributed by atoms with Gasteiger partial charge in [0.1, 0.15) is 0 Å². The predicted octanol–water partition coefficient (Wildman–Crippen LogP) is 2.52. The van der Waals surface area contributed by atoms with Gasteiger partial charge in [-0.25, -0.2) is 14.8 Å². The lowest BCUT2D eigenvalue weighted by Crippen LogP contribution is -2.23. The van der Waals surface area contributed by atoms with Gasteiger partial charge in [-0.2, -0.15) is 11.8 Å². The second-order valence-corrected chi connectivity index (χ2v) is 5.03. The number of ether oxygens (including phenoxy) is 1. The number of anilines is 1. The van der Waals surface area contributed by atoms with E-state index in [1.165, 1.54) is 6.20 Å². The van der Waals surface area contributed by atoms with E-state index in [-0.39, 0.29) is 5.97 Å². The molecule has 1 aromatic rings. The highest BCUT2D eigenvalue weighted by atomic mass is 32.2. The van der Waals surface area contributed by atoms with E-state index in [0.29, 0.717) is 29.9 Å². The summed E-state index contributed by atoms with van der Waals surface area (Å²) >= 11 is 1.78. The van der Waals surface area contributed by atoms with E-state index >= 15 is 0 Å². The number of esters is 1. The Kier molecular flexibility index (Phi) is 6.62. The Morgan fingerprint density at radius 3 is 2.79 bits per heavy atom. The lowest BCUT2D eigenvalue weighted by Gasteiger charge is -2.16. The molecule has 0 saturated carbocycles. The molecule has 5 nitrogen and oxygen atoms in total. The molecule has 1 atom stereocenters. The monoisotopic (exact) mass is 283 g/mol. The summed E-state index contributed by atoms with van der Waals surface area (Å²) in [4.78, 5) is 20.1. The molecule has 0 spiro atoms. The fourth-order valence-electron chi connectivity index (χ4n) is 1.59. The van der Waals surface area contributed by atoms with Gasteiger partial charge in [0.05, 0.1) is 17.9 Å². The maximum Gasteiger partial charge on any atom is 0.341 e. The number of hydrogen-bond acceptors (Lipinski definition) is 6. The molecule has 0 bridgehead atoms. The van der Waals surface area contributed by atoms with Crippen LogP contribution in [0.1, 0.15) is 36.3 Å². The number of hydrogen-bond donors (Lipinski definition) is 1. The zero-order valence-corrected chi connectivity index (χ0v) is 12.7. The minimum Gasteiger partial charge on any atom is -0.462 e. The highest BCUT2D eigenvalue weighted by Crippen LogP contribution is 2.11. The number of nitrogens with zero attached hydrogens (tertiary/aromatic N) is 2. The van der Waals surface area contributed by atoms with Crippen LogP contribution in [0.2, 0.25) is 0 Å². The number of carbonyl (C=O) groups excluding carboxylic acids is 1. The number of aromatic nitrogens is 2. The van der Waals surface area contributed by atoms with Crippen LogP contribution in [0.5, 0.6) is 0 Å². The predicted molar refractivity (Wildman–Crippen MR) is 78.8 cm³/mol. The van der Waals surface area contributed by atoms with Crippen LogP contribution in [0.25, 0.3) is 0 Å². The summed E-state index contributed by atoms with van der Waals surface area (Å²) in [5, 5.41) is 3.27. The van der Waals surface area contributed by atoms with Crippen LogP contribution in [-0.4, -0.2) is 40.6 Å². The van der Waals surface area contributed by atoms with E-state index in [4.69, 9.17) is 4.74 Å². The first-order valence-corrected chi connectivity index (χ1v) is 7.77. The summed E-state index contributed by atoms with van der Waals surface area (Å²) in [6.45, 7) is 6.03. The maximum atomic E-state index is 11.6. The minimum atomic E-state index is -0.372. The molecule has 19 heavy (non-hydrogen) atoms. The smallest absolute Gasteiger partial charge is 0.341 e. The summed E-state index contributed by atoms with van der Waals surface area (Å²) in [5.74, 6) is 1.19. The van der Waals surface area contributed by atoms with E-state index in [1.807, 2.05) is 0 Å².